The topological polar surface area (TPSA) is 88.6 Å². The number of fused-ring (bicyclic) bond motifs is 2. The number of benzene rings is 1. The molecule has 1 saturated heterocycles. The molecule has 0 saturated carbocycles. The monoisotopic (exact) mass is 359 g/mol. The first-order valence-corrected chi connectivity index (χ1v) is 9.58. The standard InChI is InChI=1S/C17H17N3O4S/c21-16-13-5-4-8-18-17(13)24-15-7-6-12(11-14(15)19-16)25(22,23)20-9-2-1-3-10-20/h4-8,11H,1-3,9-10H2,(H,19,21). The largest absolute Gasteiger partial charge is 0.436 e. The summed E-state index contributed by atoms with van der Waals surface area (Å²) < 4.78 is 32.8. The number of nitrogens with one attached hydrogen (secondary N) is 1. The fourth-order valence-electron chi connectivity index (χ4n) is 3.05. The van der Waals surface area contributed by atoms with Crippen molar-refractivity contribution in [3.63, 3.8) is 0 Å². The molecule has 1 aromatic heterocycles. The zero-order chi connectivity index (χ0) is 17.4. The molecule has 2 aliphatic heterocycles. The second-order valence-electron chi connectivity index (χ2n) is 6.04. The molecule has 1 N–H and O–H groups in total. The highest BCUT2D eigenvalue weighted by Gasteiger charge is 2.28. The molecule has 1 fully saturated rings. The van der Waals surface area contributed by atoms with E-state index in [1.807, 2.05) is 0 Å². The van der Waals surface area contributed by atoms with Gasteiger partial charge < -0.3 is 10.1 Å². The predicted molar refractivity (Wildman–Crippen MR) is 91.3 cm³/mol. The van der Waals surface area contributed by atoms with E-state index in [-0.39, 0.29) is 16.7 Å². The van der Waals surface area contributed by atoms with E-state index in [0.29, 0.717) is 30.1 Å². The molecule has 0 aliphatic carbocycles. The Morgan fingerprint density at radius 1 is 1.12 bits per heavy atom. The van der Waals surface area contributed by atoms with Crippen LogP contribution in [0, 0.1) is 0 Å². The molecular weight excluding hydrogens is 342 g/mol. The number of anilines is 1. The summed E-state index contributed by atoms with van der Waals surface area (Å²) in [4.78, 5) is 16.6. The van der Waals surface area contributed by atoms with E-state index < -0.39 is 10.0 Å². The minimum absolute atomic E-state index is 0.149. The Kier molecular flexibility index (Phi) is 3.93. The molecule has 130 valence electrons. The summed E-state index contributed by atoms with van der Waals surface area (Å²) in [5, 5.41) is 2.71. The number of aromatic nitrogens is 1. The molecule has 3 heterocycles. The third-order valence-electron chi connectivity index (χ3n) is 4.37. The summed E-state index contributed by atoms with van der Waals surface area (Å²) in [5.41, 5.74) is 0.625. The number of piperidine rings is 1. The molecule has 0 radical (unpaired) electrons. The number of hydrogen-bond donors (Lipinski definition) is 1. The fourth-order valence-corrected chi connectivity index (χ4v) is 4.59. The lowest BCUT2D eigenvalue weighted by atomic mass is 10.2. The number of rotatable bonds is 2. The average Bonchev–Trinajstić information content (AvgIpc) is 2.78. The van der Waals surface area contributed by atoms with Crippen LogP contribution in [0.15, 0.2) is 41.4 Å². The SMILES string of the molecule is O=C1Nc2cc(S(=O)(=O)N3CCCCC3)ccc2Oc2ncccc21. The van der Waals surface area contributed by atoms with E-state index in [1.165, 1.54) is 22.6 Å². The van der Waals surface area contributed by atoms with E-state index in [1.54, 1.807) is 18.2 Å². The molecule has 7 nitrogen and oxygen atoms in total. The summed E-state index contributed by atoms with van der Waals surface area (Å²) in [7, 11) is -3.58. The smallest absolute Gasteiger partial charge is 0.261 e. The number of ether oxygens (including phenoxy) is 1. The van der Waals surface area contributed by atoms with Gasteiger partial charge in [-0.15, -0.1) is 0 Å². The van der Waals surface area contributed by atoms with Crippen LogP contribution in [0.4, 0.5) is 5.69 Å². The summed E-state index contributed by atoms with van der Waals surface area (Å²) in [6.07, 6.45) is 4.31. The van der Waals surface area contributed by atoms with E-state index >= 15 is 0 Å². The molecule has 0 bridgehead atoms. The quantitative estimate of drug-likeness (QED) is 0.890. The van der Waals surface area contributed by atoms with Gasteiger partial charge in [-0.25, -0.2) is 13.4 Å². The van der Waals surface area contributed by atoms with Gasteiger partial charge in [-0.3, -0.25) is 4.79 Å². The maximum absolute atomic E-state index is 12.8. The highest BCUT2D eigenvalue weighted by molar-refractivity contribution is 7.89. The minimum atomic E-state index is -3.58. The minimum Gasteiger partial charge on any atom is -0.436 e. The lowest BCUT2D eigenvalue weighted by molar-refractivity contribution is 0.102. The van der Waals surface area contributed by atoms with Crippen LogP contribution in [0.25, 0.3) is 0 Å². The van der Waals surface area contributed by atoms with Gasteiger partial charge in [0.15, 0.2) is 5.75 Å². The molecule has 0 unspecified atom stereocenters. The molecule has 4 rings (SSSR count). The molecule has 0 spiro atoms. The number of amides is 1. The number of carbonyl (C=O) groups excluding carboxylic acids is 1. The molecule has 25 heavy (non-hydrogen) atoms. The third-order valence-corrected chi connectivity index (χ3v) is 6.27. The van der Waals surface area contributed by atoms with Crippen molar-refractivity contribution in [1.29, 1.82) is 0 Å². The van der Waals surface area contributed by atoms with Gasteiger partial charge in [-0.2, -0.15) is 4.31 Å². The zero-order valence-electron chi connectivity index (χ0n) is 13.4. The summed E-state index contributed by atoms with van der Waals surface area (Å²) in [6.45, 7) is 1.05. The third kappa shape index (κ3) is 2.87. The highest BCUT2D eigenvalue weighted by atomic mass is 32.2. The van der Waals surface area contributed by atoms with Crippen molar-refractivity contribution in [3.8, 4) is 11.6 Å². The van der Waals surface area contributed by atoms with Gasteiger partial charge in [-0.05, 0) is 43.2 Å². The van der Waals surface area contributed by atoms with Crippen LogP contribution in [-0.4, -0.2) is 36.7 Å². The lowest BCUT2D eigenvalue weighted by Gasteiger charge is -2.26. The first kappa shape index (κ1) is 16.0. The van der Waals surface area contributed by atoms with Gasteiger partial charge in [0.05, 0.1) is 10.6 Å². The highest BCUT2D eigenvalue weighted by Crippen LogP contribution is 2.36. The number of pyridine rings is 1. The Morgan fingerprint density at radius 2 is 1.92 bits per heavy atom. The number of hydrogen-bond acceptors (Lipinski definition) is 5. The van der Waals surface area contributed by atoms with Crippen molar-refractivity contribution in [2.45, 2.75) is 24.2 Å². The maximum Gasteiger partial charge on any atom is 0.261 e. The Morgan fingerprint density at radius 3 is 2.72 bits per heavy atom. The van der Waals surface area contributed by atoms with Crippen molar-refractivity contribution >= 4 is 21.6 Å². The van der Waals surface area contributed by atoms with Crippen LogP contribution in [-0.2, 0) is 10.0 Å². The van der Waals surface area contributed by atoms with E-state index in [9.17, 15) is 13.2 Å². The lowest BCUT2D eigenvalue weighted by Crippen LogP contribution is -2.35. The zero-order valence-corrected chi connectivity index (χ0v) is 14.3. The van der Waals surface area contributed by atoms with Crippen LogP contribution < -0.4 is 10.1 Å². The Balaban J connectivity index is 1.72. The molecular formula is C17H17N3O4S. The first-order chi connectivity index (χ1) is 12.1. The molecule has 8 heteroatoms. The van der Waals surface area contributed by atoms with E-state index in [4.69, 9.17) is 4.74 Å². The van der Waals surface area contributed by atoms with Crippen molar-refractivity contribution in [2.24, 2.45) is 0 Å². The van der Waals surface area contributed by atoms with Crippen LogP contribution in [0.2, 0.25) is 0 Å². The molecule has 1 aromatic carbocycles. The second-order valence-corrected chi connectivity index (χ2v) is 7.97. The van der Waals surface area contributed by atoms with Gasteiger partial charge in [0.25, 0.3) is 5.91 Å². The molecule has 0 atom stereocenters. The molecule has 2 aromatic rings. The second kappa shape index (κ2) is 6.12. The van der Waals surface area contributed by atoms with E-state index in [0.717, 1.165) is 19.3 Å². The Bertz CT molecular complexity index is 937. The van der Waals surface area contributed by atoms with Crippen LogP contribution in [0.1, 0.15) is 29.6 Å². The van der Waals surface area contributed by atoms with E-state index in [2.05, 4.69) is 10.3 Å². The normalized spacial score (nSPS) is 17.7. The first-order valence-electron chi connectivity index (χ1n) is 8.14. The number of nitrogens with zero attached hydrogens (tertiary/aromatic N) is 2. The Hall–Kier alpha value is -2.45. The van der Waals surface area contributed by atoms with Gasteiger partial charge >= 0.3 is 0 Å². The van der Waals surface area contributed by atoms with Gasteiger partial charge in [0, 0.05) is 19.3 Å². The number of sulfonamides is 1. The van der Waals surface area contributed by atoms with Gasteiger partial charge in [-0.1, -0.05) is 6.42 Å². The van der Waals surface area contributed by atoms with Gasteiger partial charge in [0.1, 0.15) is 5.56 Å². The van der Waals surface area contributed by atoms with Crippen molar-refractivity contribution in [1.82, 2.24) is 9.29 Å². The maximum atomic E-state index is 12.8. The fraction of sp³-hybridized carbons (Fsp3) is 0.294. The molecule has 2 aliphatic rings. The van der Waals surface area contributed by atoms with Gasteiger partial charge in [0.2, 0.25) is 15.9 Å². The number of carbonyl (C=O) groups is 1. The van der Waals surface area contributed by atoms with Crippen molar-refractivity contribution in [3.05, 3.63) is 42.1 Å². The summed E-state index contributed by atoms with van der Waals surface area (Å²) >= 11 is 0. The van der Waals surface area contributed by atoms with Crippen LogP contribution >= 0.6 is 0 Å². The summed E-state index contributed by atoms with van der Waals surface area (Å²) in [5.74, 6) is 0.183. The van der Waals surface area contributed by atoms with Crippen LogP contribution in [0.3, 0.4) is 0 Å². The summed E-state index contributed by atoms with van der Waals surface area (Å²) in [6, 6.07) is 7.75. The van der Waals surface area contributed by atoms with Crippen LogP contribution in [0.5, 0.6) is 11.6 Å². The van der Waals surface area contributed by atoms with Crippen molar-refractivity contribution < 1.29 is 17.9 Å². The van der Waals surface area contributed by atoms with Crippen molar-refractivity contribution in [2.75, 3.05) is 18.4 Å². The predicted octanol–water partition coefficient (Wildman–Crippen LogP) is 2.61. The Labute approximate surface area is 145 Å². The molecule has 1 amide bonds. The average molecular weight is 359 g/mol.